The van der Waals surface area contributed by atoms with Crippen LogP contribution in [0.2, 0.25) is 0 Å². The highest BCUT2D eigenvalue weighted by Crippen LogP contribution is 2.23. The van der Waals surface area contributed by atoms with Crippen molar-refractivity contribution in [3.8, 4) is 11.1 Å². The Balaban J connectivity index is 1.72. The molecule has 0 fully saturated rings. The Labute approximate surface area is 149 Å². The van der Waals surface area contributed by atoms with Crippen LogP contribution < -0.4 is 4.72 Å². The molecule has 0 aliphatic rings. The monoisotopic (exact) mass is 377 g/mol. The van der Waals surface area contributed by atoms with Crippen LogP contribution in [0.1, 0.15) is 15.2 Å². The molecule has 1 aromatic carbocycles. The molecule has 0 aliphatic heterocycles. The van der Waals surface area contributed by atoms with E-state index < -0.39 is 16.0 Å². The van der Waals surface area contributed by atoms with E-state index in [9.17, 15) is 13.2 Å². The molecule has 0 amide bonds. The average molecular weight is 377 g/mol. The van der Waals surface area contributed by atoms with Gasteiger partial charge in [-0.25, -0.2) is 17.9 Å². The Morgan fingerprint density at radius 2 is 1.92 bits per heavy atom. The second kappa shape index (κ2) is 7.22. The summed E-state index contributed by atoms with van der Waals surface area (Å²) in [5.41, 5.74) is 2.73. The molecule has 3 aromatic rings. The molecule has 2 aromatic heterocycles. The van der Waals surface area contributed by atoms with Crippen molar-refractivity contribution in [2.24, 2.45) is 0 Å². The van der Waals surface area contributed by atoms with E-state index in [1.807, 2.05) is 30.3 Å². The summed E-state index contributed by atoms with van der Waals surface area (Å²) in [5, 5.41) is 1.54. The first kappa shape index (κ1) is 17.4. The molecular weight excluding hydrogens is 362 g/mol. The fourth-order valence-electron chi connectivity index (χ4n) is 2.25. The van der Waals surface area contributed by atoms with Gasteiger partial charge < -0.3 is 9.15 Å². The summed E-state index contributed by atoms with van der Waals surface area (Å²) in [6.45, 7) is 0.116. The van der Waals surface area contributed by atoms with Crippen molar-refractivity contribution in [2.45, 2.75) is 11.4 Å². The summed E-state index contributed by atoms with van der Waals surface area (Å²) in [4.78, 5) is 11.6. The molecule has 130 valence electrons. The number of nitrogens with one attached hydrogen (secondary N) is 1. The normalized spacial score (nSPS) is 11.4. The summed E-state index contributed by atoms with van der Waals surface area (Å²) in [5.74, 6) is -0.667. The molecule has 25 heavy (non-hydrogen) atoms. The van der Waals surface area contributed by atoms with Crippen molar-refractivity contribution < 1.29 is 22.4 Å². The molecule has 8 heteroatoms. The lowest BCUT2D eigenvalue weighted by Gasteiger charge is -2.08. The summed E-state index contributed by atoms with van der Waals surface area (Å²) >= 11 is 1.03. The van der Waals surface area contributed by atoms with Gasteiger partial charge in [-0.2, -0.15) is 0 Å². The van der Waals surface area contributed by atoms with Crippen molar-refractivity contribution in [2.75, 3.05) is 7.11 Å². The van der Waals surface area contributed by atoms with Gasteiger partial charge in [0.05, 0.1) is 19.6 Å². The minimum Gasteiger partial charge on any atom is -0.472 e. The number of rotatable bonds is 6. The third-order valence-electron chi connectivity index (χ3n) is 3.56. The van der Waals surface area contributed by atoms with E-state index in [1.165, 1.54) is 13.2 Å². The first-order chi connectivity index (χ1) is 12.0. The number of methoxy groups -OCH3 is 1. The van der Waals surface area contributed by atoms with Gasteiger partial charge in [0.15, 0.2) is 0 Å². The molecule has 0 aliphatic carbocycles. The number of thiophene rings is 1. The Kier molecular flexibility index (Phi) is 5.03. The van der Waals surface area contributed by atoms with E-state index in [0.717, 1.165) is 28.0 Å². The SMILES string of the molecule is COC(=O)c1sccc1S(=O)(=O)NCc1ccc(-c2ccoc2)cc1. The van der Waals surface area contributed by atoms with Crippen molar-refractivity contribution in [3.05, 3.63) is 64.7 Å². The van der Waals surface area contributed by atoms with Crippen LogP contribution >= 0.6 is 11.3 Å². The molecular formula is C17H15NO5S2. The second-order valence-corrected chi connectivity index (χ2v) is 7.79. The Morgan fingerprint density at radius 1 is 1.16 bits per heavy atom. The Morgan fingerprint density at radius 3 is 2.56 bits per heavy atom. The second-order valence-electron chi connectivity index (χ2n) is 5.14. The van der Waals surface area contributed by atoms with Crippen LogP contribution in [-0.2, 0) is 21.3 Å². The molecule has 3 rings (SSSR count). The van der Waals surface area contributed by atoms with Crippen LogP contribution in [0.15, 0.2) is 63.6 Å². The molecule has 0 unspecified atom stereocenters. The predicted octanol–water partition coefficient (Wildman–Crippen LogP) is 3.27. The van der Waals surface area contributed by atoms with Crippen molar-refractivity contribution >= 4 is 27.3 Å². The van der Waals surface area contributed by atoms with Crippen LogP contribution in [-0.4, -0.2) is 21.5 Å². The number of furan rings is 1. The lowest BCUT2D eigenvalue weighted by molar-refractivity contribution is 0.0602. The highest BCUT2D eigenvalue weighted by atomic mass is 32.2. The van der Waals surface area contributed by atoms with E-state index in [1.54, 1.807) is 17.9 Å². The summed E-state index contributed by atoms with van der Waals surface area (Å²) in [6.07, 6.45) is 3.24. The highest BCUT2D eigenvalue weighted by Gasteiger charge is 2.24. The molecule has 0 bridgehead atoms. The molecule has 2 heterocycles. The molecule has 0 radical (unpaired) electrons. The molecule has 0 saturated heterocycles. The zero-order chi connectivity index (χ0) is 17.9. The van der Waals surface area contributed by atoms with E-state index in [0.29, 0.717) is 0 Å². The van der Waals surface area contributed by atoms with E-state index >= 15 is 0 Å². The van der Waals surface area contributed by atoms with E-state index in [4.69, 9.17) is 4.42 Å². The van der Waals surface area contributed by atoms with Gasteiger partial charge in [0.1, 0.15) is 9.77 Å². The van der Waals surface area contributed by atoms with Gasteiger partial charge in [-0.1, -0.05) is 24.3 Å². The first-order valence-electron chi connectivity index (χ1n) is 7.28. The van der Waals surface area contributed by atoms with Gasteiger partial charge in [-0.15, -0.1) is 11.3 Å². The van der Waals surface area contributed by atoms with Crippen LogP contribution in [0.4, 0.5) is 0 Å². The van der Waals surface area contributed by atoms with E-state index in [-0.39, 0.29) is 16.3 Å². The number of esters is 1. The smallest absolute Gasteiger partial charge is 0.349 e. The predicted molar refractivity (Wildman–Crippen MR) is 93.8 cm³/mol. The molecule has 1 N–H and O–H groups in total. The number of carbonyl (C=O) groups excluding carboxylic acids is 1. The Hall–Kier alpha value is -2.42. The zero-order valence-electron chi connectivity index (χ0n) is 13.3. The largest absolute Gasteiger partial charge is 0.472 e. The summed E-state index contributed by atoms with van der Waals surface area (Å²) in [7, 11) is -2.59. The standard InChI is InChI=1S/C17H15NO5S2/c1-22-17(19)16-15(7-9-24-16)25(20,21)18-10-12-2-4-13(5-3-12)14-6-8-23-11-14/h2-9,11,18H,10H2,1H3. The number of ether oxygens (including phenoxy) is 1. The fraction of sp³-hybridized carbons (Fsp3) is 0.118. The van der Waals surface area contributed by atoms with Gasteiger partial charge in [-0.05, 0) is 28.6 Å². The first-order valence-corrected chi connectivity index (χ1v) is 9.64. The number of sulfonamides is 1. The quantitative estimate of drug-likeness (QED) is 0.666. The van der Waals surface area contributed by atoms with Gasteiger partial charge in [0.2, 0.25) is 10.0 Å². The van der Waals surface area contributed by atoms with Gasteiger partial charge in [-0.3, -0.25) is 0 Å². The maximum absolute atomic E-state index is 12.4. The molecule has 0 spiro atoms. The van der Waals surface area contributed by atoms with Crippen molar-refractivity contribution in [3.63, 3.8) is 0 Å². The maximum Gasteiger partial charge on any atom is 0.349 e. The number of carbonyl (C=O) groups is 1. The molecule has 6 nitrogen and oxygen atoms in total. The fourth-order valence-corrected chi connectivity index (χ4v) is 4.60. The van der Waals surface area contributed by atoms with Crippen molar-refractivity contribution in [1.82, 2.24) is 4.72 Å². The molecule has 0 atom stereocenters. The number of hydrogen-bond donors (Lipinski definition) is 1. The van der Waals surface area contributed by atoms with Crippen molar-refractivity contribution in [1.29, 1.82) is 0 Å². The number of benzene rings is 1. The maximum atomic E-state index is 12.4. The third kappa shape index (κ3) is 3.81. The highest BCUT2D eigenvalue weighted by molar-refractivity contribution is 7.89. The number of hydrogen-bond acceptors (Lipinski definition) is 6. The average Bonchev–Trinajstić information content (AvgIpc) is 3.31. The van der Waals surface area contributed by atoms with E-state index in [2.05, 4.69) is 9.46 Å². The zero-order valence-corrected chi connectivity index (χ0v) is 14.9. The lowest BCUT2D eigenvalue weighted by atomic mass is 10.1. The minimum atomic E-state index is -3.81. The summed E-state index contributed by atoms with van der Waals surface area (Å²) < 4.78 is 37.0. The summed E-state index contributed by atoms with van der Waals surface area (Å²) in [6, 6.07) is 10.7. The van der Waals surface area contributed by atoms with Crippen LogP contribution in [0.3, 0.4) is 0 Å². The van der Waals surface area contributed by atoms with Crippen LogP contribution in [0.5, 0.6) is 0 Å². The third-order valence-corrected chi connectivity index (χ3v) is 6.03. The van der Waals surface area contributed by atoms with Gasteiger partial charge >= 0.3 is 5.97 Å². The Bertz CT molecular complexity index is 957. The topological polar surface area (TPSA) is 85.6 Å². The minimum absolute atomic E-state index is 0.0605. The lowest BCUT2D eigenvalue weighted by Crippen LogP contribution is -2.24. The van der Waals surface area contributed by atoms with Crippen LogP contribution in [0, 0.1) is 0 Å². The van der Waals surface area contributed by atoms with Crippen LogP contribution in [0.25, 0.3) is 11.1 Å². The van der Waals surface area contributed by atoms with Gasteiger partial charge in [0, 0.05) is 12.1 Å². The molecule has 0 saturated carbocycles. The van der Waals surface area contributed by atoms with Gasteiger partial charge in [0.25, 0.3) is 0 Å².